The van der Waals surface area contributed by atoms with Crippen LogP contribution in [-0.2, 0) is 4.79 Å². The minimum absolute atomic E-state index is 0.0117. The largest absolute Gasteiger partial charge is 0.486 e. The van der Waals surface area contributed by atoms with Crippen molar-refractivity contribution in [3.8, 4) is 11.5 Å². The summed E-state index contributed by atoms with van der Waals surface area (Å²) in [5.41, 5.74) is 0.987. The van der Waals surface area contributed by atoms with E-state index < -0.39 is 0 Å². The molecule has 25 heavy (non-hydrogen) atoms. The summed E-state index contributed by atoms with van der Waals surface area (Å²) < 4.78 is 11.1. The molecule has 6 heteroatoms. The molecule has 0 saturated carbocycles. The summed E-state index contributed by atoms with van der Waals surface area (Å²) in [5, 5.41) is 3.53. The Labute approximate surface area is 156 Å². The number of hydrogen-bond acceptors (Lipinski definition) is 4. The first-order valence-corrected chi connectivity index (χ1v) is 9.41. The molecular formula is C19H20ClNO3S. The summed E-state index contributed by atoms with van der Waals surface area (Å²) in [6.45, 7) is 4.97. The number of amides is 1. The van der Waals surface area contributed by atoms with Gasteiger partial charge in [0.05, 0.1) is 11.3 Å². The topological polar surface area (TPSA) is 47.6 Å². The number of fused-ring (bicyclic) bond motifs is 1. The van der Waals surface area contributed by atoms with Crippen molar-refractivity contribution in [3.63, 3.8) is 0 Å². The summed E-state index contributed by atoms with van der Waals surface area (Å²) in [6, 6.07) is 13.1. The fraction of sp³-hybridized carbons (Fsp3) is 0.316. The summed E-state index contributed by atoms with van der Waals surface area (Å²) in [6.07, 6.45) is 0. The number of rotatable bonds is 5. The Balaban J connectivity index is 1.60. The SMILES string of the molecule is C[C@H](NC(=O)[C@@H](C)Sc1ccc(Cl)cc1)c1ccc2c(c1)OCCO2. The highest BCUT2D eigenvalue weighted by Crippen LogP contribution is 2.33. The molecule has 0 aromatic heterocycles. The zero-order chi connectivity index (χ0) is 17.8. The van der Waals surface area contributed by atoms with Gasteiger partial charge in [0.15, 0.2) is 11.5 Å². The van der Waals surface area contributed by atoms with Gasteiger partial charge in [-0.2, -0.15) is 0 Å². The molecule has 2 atom stereocenters. The van der Waals surface area contributed by atoms with Crippen LogP contribution in [0.5, 0.6) is 11.5 Å². The second kappa shape index (κ2) is 8.02. The minimum Gasteiger partial charge on any atom is -0.486 e. The number of thioether (sulfide) groups is 1. The lowest BCUT2D eigenvalue weighted by atomic mass is 10.1. The molecule has 0 bridgehead atoms. The lowest BCUT2D eigenvalue weighted by molar-refractivity contribution is -0.120. The Hall–Kier alpha value is -1.85. The summed E-state index contributed by atoms with van der Waals surface area (Å²) in [5.74, 6) is 1.47. The van der Waals surface area contributed by atoms with Gasteiger partial charge in [0, 0.05) is 9.92 Å². The van der Waals surface area contributed by atoms with E-state index in [1.54, 1.807) is 0 Å². The van der Waals surface area contributed by atoms with Gasteiger partial charge in [-0.25, -0.2) is 0 Å². The Morgan fingerprint density at radius 3 is 2.48 bits per heavy atom. The van der Waals surface area contributed by atoms with Crippen molar-refractivity contribution >= 4 is 29.3 Å². The number of carbonyl (C=O) groups is 1. The number of halogens is 1. The maximum atomic E-state index is 12.5. The van der Waals surface area contributed by atoms with Crippen molar-refractivity contribution in [2.45, 2.75) is 30.0 Å². The fourth-order valence-electron chi connectivity index (χ4n) is 2.51. The van der Waals surface area contributed by atoms with Gasteiger partial charge in [-0.15, -0.1) is 11.8 Å². The molecule has 0 saturated heterocycles. The monoisotopic (exact) mass is 377 g/mol. The van der Waals surface area contributed by atoms with Crippen LogP contribution in [0.1, 0.15) is 25.5 Å². The van der Waals surface area contributed by atoms with Gasteiger partial charge >= 0.3 is 0 Å². The molecule has 0 aliphatic carbocycles. The molecule has 4 nitrogen and oxygen atoms in total. The second-order valence-corrected chi connectivity index (χ2v) is 7.70. The third-order valence-electron chi connectivity index (χ3n) is 3.92. The maximum Gasteiger partial charge on any atom is 0.233 e. The number of carbonyl (C=O) groups excluding carboxylic acids is 1. The van der Waals surface area contributed by atoms with E-state index >= 15 is 0 Å². The van der Waals surface area contributed by atoms with Crippen LogP contribution in [0.2, 0.25) is 5.02 Å². The van der Waals surface area contributed by atoms with Crippen molar-refractivity contribution in [3.05, 3.63) is 53.1 Å². The molecule has 2 aromatic carbocycles. The van der Waals surface area contributed by atoms with Gasteiger partial charge in [0.2, 0.25) is 5.91 Å². The normalized spacial score (nSPS) is 15.3. The van der Waals surface area contributed by atoms with E-state index in [0.29, 0.717) is 18.2 Å². The molecular weight excluding hydrogens is 358 g/mol. The summed E-state index contributed by atoms with van der Waals surface area (Å²) in [7, 11) is 0. The van der Waals surface area contributed by atoms with Crippen LogP contribution >= 0.6 is 23.4 Å². The van der Waals surface area contributed by atoms with Gasteiger partial charge in [0.1, 0.15) is 13.2 Å². The fourth-order valence-corrected chi connectivity index (χ4v) is 3.52. The average Bonchev–Trinajstić information content (AvgIpc) is 2.63. The molecule has 2 aromatic rings. The van der Waals surface area contributed by atoms with Crippen molar-refractivity contribution in [1.29, 1.82) is 0 Å². The van der Waals surface area contributed by atoms with Crippen LogP contribution in [0.4, 0.5) is 0 Å². The third kappa shape index (κ3) is 4.61. The Bertz CT molecular complexity index is 751. The van der Waals surface area contributed by atoms with Gasteiger partial charge in [-0.05, 0) is 55.8 Å². The highest BCUT2D eigenvalue weighted by Gasteiger charge is 2.19. The minimum atomic E-state index is -0.208. The van der Waals surface area contributed by atoms with Crippen molar-refractivity contribution in [2.75, 3.05) is 13.2 Å². The Kier molecular flexibility index (Phi) is 5.76. The summed E-state index contributed by atoms with van der Waals surface area (Å²) in [4.78, 5) is 13.5. The van der Waals surface area contributed by atoms with Gasteiger partial charge in [-0.3, -0.25) is 4.79 Å². The van der Waals surface area contributed by atoms with Crippen LogP contribution in [0, 0.1) is 0 Å². The van der Waals surface area contributed by atoms with Crippen molar-refractivity contribution in [2.24, 2.45) is 0 Å². The number of nitrogens with one attached hydrogen (secondary N) is 1. The number of hydrogen-bond donors (Lipinski definition) is 1. The quantitative estimate of drug-likeness (QED) is 0.781. The van der Waals surface area contributed by atoms with E-state index in [1.165, 1.54) is 11.8 Å². The van der Waals surface area contributed by atoms with E-state index in [-0.39, 0.29) is 17.2 Å². The van der Waals surface area contributed by atoms with Crippen LogP contribution in [0.15, 0.2) is 47.4 Å². The Morgan fingerprint density at radius 1 is 1.08 bits per heavy atom. The average molecular weight is 378 g/mol. The van der Waals surface area contributed by atoms with Gasteiger partial charge < -0.3 is 14.8 Å². The van der Waals surface area contributed by atoms with Gasteiger partial charge in [-0.1, -0.05) is 17.7 Å². The predicted molar refractivity (Wildman–Crippen MR) is 101 cm³/mol. The molecule has 1 N–H and O–H groups in total. The molecule has 1 heterocycles. The highest BCUT2D eigenvalue weighted by molar-refractivity contribution is 8.00. The summed E-state index contributed by atoms with van der Waals surface area (Å²) >= 11 is 7.40. The lowest BCUT2D eigenvalue weighted by Gasteiger charge is -2.22. The van der Waals surface area contributed by atoms with Crippen LogP contribution in [0.25, 0.3) is 0 Å². The molecule has 1 aliphatic rings. The maximum absolute atomic E-state index is 12.5. The molecule has 3 rings (SSSR count). The molecule has 132 valence electrons. The second-order valence-electron chi connectivity index (χ2n) is 5.85. The zero-order valence-corrected chi connectivity index (χ0v) is 15.7. The first-order chi connectivity index (χ1) is 12.0. The van der Waals surface area contributed by atoms with Crippen LogP contribution in [-0.4, -0.2) is 24.4 Å². The predicted octanol–water partition coefficient (Wildman–Crippen LogP) is 4.47. The molecule has 0 radical (unpaired) electrons. The first-order valence-electron chi connectivity index (χ1n) is 8.15. The number of ether oxygens (including phenoxy) is 2. The van der Waals surface area contributed by atoms with E-state index in [1.807, 2.05) is 56.3 Å². The third-order valence-corrected chi connectivity index (χ3v) is 5.28. The van der Waals surface area contributed by atoms with Crippen molar-refractivity contribution in [1.82, 2.24) is 5.32 Å². The smallest absolute Gasteiger partial charge is 0.233 e. The van der Waals surface area contributed by atoms with Gasteiger partial charge in [0.25, 0.3) is 0 Å². The molecule has 0 spiro atoms. The Morgan fingerprint density at radius 2 is 1.76 bits per heavy atom. The molecule has 1 amide bonds. The van der Waals surface area contributed by atoms with E-state index in [4.69, 9.17) is 21.1 Å². The lowest BCUT2D eigenvalue weighted by Crippen LogP contribution is -2.33. The first kappa shape index (κ1) is 18.0. The molecule has 1 aliphatic heterocycles. The highest BCUT2D eigenvalue weighted by atomic mass is 35.5. The molecule has 0 unspecified atom stereocenters. The van der Waals surface area contributed by atoms with E-state index in [0.717, 1.165) is 22.0 Å². The standard InChI is InChI=1S/C19H20ClNO3S/c1-12(14-3-8-17-18(11-14)24-10-9-23-17)21-19(22)13(2)25-16-6-4-15(20)5-7-16/h3-8,11-13H,9-10H2,1-2H3,(H,21,22)/t12-,13+/m0/s1. The van der Waals surface area contributed by atoms with Crippen LogP contribution < -0.4 is 14.8 Å². The van der Waals surface area contributed by atoms with E-state index in [2.05, 4.69) is 5.32 Å². The van der Waals surface area contributed by atoms with Crippen LogP contribution in [0.3, 0.4) is 0 Å². The van der Waals surface area contributed by atoms with Crippen molar-refractivity contribution < 1.29 is 14.3 Å². The number of benzene rings is 2. The zero-order valence-electron chi connectivity index (χ0n) is 14.1. The van der Waals surface area contributed by atoms with E-state index in [9.17, 15) is 4.79 Å². The molecule has 0 fully saturated rings.